The molecule has 0 bridgehead atoms. The normalized spacial score (nSPS) is 17.1. The zero-order chi connectivity index (χ0) is 10.5. The van der Waals surface area contributed by atoms with Crippen LogP contribution in [-0.4, -0.2) is 18.8 Å². The van der Waals surface area contributed by atoms with Gasteiger partial charge in [-0.3, -0.25) is 4.84 Å². The number of hydrogen-bond donors (Lipinski definition) is 1. The molecule has 0 heterocycles. The van der Waals surface area contributed by atoms with Gasteiger partial charge in [-0.1, -0.05) is 20.3 Å². The van der Waals surface area contributed by atoms with Crippen molar-refractivity contribution in [3.05, 3.63) is 0 Å². The molecule has 0 saturated carbocycles. The predicted molar refractivity (Wildman–Crippen MR) is 44.1 cm³/mol. The molecule has 0 aromatic carbocycles. The molecule has 5 heteroatoms. The van der Waals surface area contributed by atoms with E-state index in [2.05, 4.69) is 10.3 Å². The molecule has 0 aliphatic rings. The van der Waals surface area contributed by atoms with Gasteiger partial charge in [0.05, 0.1) is 0 Å². The maximum absolute atomic E-state index is 11.6. The van der Waals surface area contributed by atoms with Crippen LogP contribution >= 0.6 is 0 Å². The highest BCUT2D eigenvalue weighted by molar-refractivity contribution is 4.62. The van der Waals surface area contributed by atoms with Crippen LogP contribution in [0.5, 0.6) is 0 Å². The fraction of sp³-hybridized carbons (Fsp3) is 1.00. The number of hydrogen-bond acceptors (Lipinski definition) is 2. The molecular formula is C8H16F3NO. The van der Waals surface area contributed by atoms with Crippen molar-refractivity contribution in [2.45, 2.75) is 39.4 Å². The van der Waals surface area contributed by atoms with Crippen molar-refractivity contribution in [3.8, 4) is 0 Å². The van der Waals surface area contributed by atoms with Gasteiger partial charge in [-0.15, -0.1) is 0 Å². The Morgan fingerprint density at radius 2 is 1.85 bits per heavy atom. The van der Waals surface area contributed by atoms with Crippen molar-refractivity contribution >= 4 is 0 Å². The maximum atomic E-state index is 11.6. The Bertz CT molecular complexity index is 138. The van der Waals surface area contributed by atoms with Crippen LogP contribution in [0, 0.1) is 5.92 Å². The first-order valence-electron chi connectivity index (χ1n) is 4.31. The van der Waals surface area contributed by atoms with E-state index in [0.717, 1.165) is 6.42 Å². The summed E-state index contributed by atoms with van der Waals surface area (Å²) in [6.07, 6.45) is -3.36. The number of nitrogens with one attached hydrogen (secondary N) is 1. The number of rotatable bonds is 5. The van der Waals surface area contributed by atoms with Crippen molar-refractivity contribution < 1.29 is 18.0 Å². The summed E-state index contributed by atoms with van der Waals surface area (Å²) in [5.74, 6) is 0.299. The van der Waals surface area contributed by atoms with Gasteiger partial charge in [0.1, 0.15) is 0 Å². The average Bonchev–Trinajstić information content (AvgIpc) is 2.00. The summed E-state index contributed by atoms with van der Waals surface area (Å²) in [6, 6.07) is -0.0626. The van der Waals surface area contributed by atoms with E-state index >= 15 is 0 Å². The zero-order valence-corrected chi connectivity index (χ0v) is 8.11. The molecule has 0 amide bonds. The van der Waals surface area contributed by atoms with Crippen LogP contribution in [0.25, 0.3) is 0 Å². The Kier molecular flexibility index (Phi) is 5.32. The van der Waals surface area contributed by atoms with Gasteiger partial charge in [0.2, 0.25) is 0 Å². The fourth-order valence-corrected chi connectivity index (χ4v) is 0.725. The van der Waals surface area contributed by atoms with E-state index in [-0.39, 0.29) is 6.04 Å². The smallest absolute Gasteiger partial charge is 0.292 e. The van der Waals surface area contributed by atoms with E-state index in [9.17, 15) is 13.2 Å². The third-order valence-electron chi connectivity index (χ3n) is 2.00. The highest BCUT2D eigenvalue weighted by atomic mass is 19.4. The quantitative estimate of drug-likeness (QED) is 0.687. The Labute approximate surface area is 76.4 Å². The van der Waals surface area contributed by atoms with Crippen molar-refractivity contribution in [1.82, 2.24) is 5.48 Å². The van der Waals surface area contributed by atoms with E-state index in [1.807, 2.05) is 13.8 Å². The van der Waals surface area contributed by atoms with Gasteiger partial charge in [-0.25, -0.2) is 0 Å². The highest BCUT2D eigenvalue weighted by Gasteiger charge is 2.28. The molecule has 0 aliphatic heterocycles. The molecular weight excluding hydrogens is 183 g/mol. The summed E-state index contributed by atoms with van der Waals surface area (Å²) in [5.41, 5.74) is 2.37. The van der Waals surface area contributed by atoms with Crippen LogP contribution < -0.4 is 5.48 Å². The maximum Gasteiger partial charge on any atom is 0.413 e. The lowest BCUT2D eigenvalue weighted by Gasteiger charge is -2.19. The van der Waals surface area contributed by atoms with Gasteiger partial charge in [-0.05, 0) is 12.8 Å². The van der Waals surface area contributed by atoms with Gasteiger partial charge in [0.25, 0.3) is 0 Å². The zero-order valence-electron chi connectivity index (χ0n) is 8.11. The average molecular weight is 199 g/mol. The Morgan fingerprint density at radius 1 is 1.31 bits per heavy atom. The molecule has 2 atom stereocenters. The van der Waals surface area contributed by atoms with E-state index in [1.165, 1.54) is 0 Å². The second-order valence-corrected chi connectivity index (χ2v) is 3.20. The molecule has 0 radical (unpaired) electrons. The molecule has 0 aliphatic carbocycles. The second kappa shape index (κ2) is 5.44. The Morgan fingerprint density at radius 3 is 2.23 bits per heavy atom. The van der Waals surface area contributed by atoms with Crippen LogP contribution in [0.1, 0.15) is 27.2 Å². The molecule has 0 rings (SSSR count). The summed E-state index contributed by atoms with van der Waals surface area (Å²) in [6.45, 7) is 4.49. The SMILES string of the molecule is CCC(C)C(C)NOCC(F)(F)F. The van der Waals surface area contributed by atoms with E-state index in [1.54, 1.807) is 6.92 Å². The van der Waals surface area contributed by atoms with Gasteiger partial charge in [0.15, 0.2) is 6.61 Å². The van der Waals surface area contributed by atoms with E-state index in [0.29, 0.717) is 5.92 Å². The Balaban J connectivity index is 3.53. The van der Waals surface area contributed by atoms with Crippen molar-refractivity contribution in [1.29, 1.82) is 0 Å². The summed E-state index contributed by atoms with van der Waals surface area (Å²) in [7, 11) is 0. The van der Waals surface area contributed by atoms with Crippen LogP contribution in [0.4, 0.5) is 13.2 Å². The third-order valence-corrected chi connectivity index (χ3v) is 2.00. The molecule has 0 saturated heterocycles. The molecule has 2 unspecified atom stereocenters. The molecule has 13 heavy (non-hydrogen) atoms. The first-order valence-corrected chi connectivity index (χ1v) is 4.31. The molecule has 0 aromatic rings. The molecule has 0 aromatic heterocycles. The minimum Gasteiger partial charge on any atom is -0.292 e. The molecule has 1 N–H and O–H groups in total. The lowest BCUT2D eigenvalue weighted by Crippen LogP contribution is -2.35. The van der Waals surface area contributed by atoms with Gasteiger partial charge in [-0.2, -0.15) is 18.7 Å². The standard InChI is InChI=1S/C8H16F3NO/c1-4-6(2)7(3)12-13-5-8(9,10)11/h6-7,12H,4-5H2,1-3H3. The molecule has 2 nitrogen and oxygen atoms in total. The van der Waals surface area contributed by atoms with Crippen molar-refractivity contribution in [2.75, 3.05) is 6.61 Å². The third kappa shape index (κ3) is 6.83. The van der Waals surface area contributed by atoms with Crippen LogP contribution in [0.3, 0.4) is 0 Å². The van der Waals surface area contributed by atoms with E-state index < -0.39 is 12.8 Å². The van der Waals surface area contributed by atoms with Crippen molar-refractivity contribution in [2.24, 2.45) is 5.92 Å². The van der Waals surface area contributed by atoms with Gasteiger partial charge in [0, 0.05) is 6.04 Å². The topological polar surface area (TPSA) is 21.3 Å². The summed E-state index contributed by atoms with van der Waals surface area (Å²) >= 11 is 0. The van der Waals surface area contributed by atoms with Gasteiger partial charge < -0.3 is 0 Å². The van der Waals surface area contributed by atoms with Crippen LogP contribution in [0.15, 0.2) is 0 Å². The number of alkyl halides is 3. The van der Waals surface area contributed by atoms with E-state index in [4.69, 9.17) is 0 Å². The lowest BCUT2D eigenvalue weighted by molar-refractivity contribution is -0.193. The van der Waals surface area contributed by atoms with Crippen LogP contribution in [0.2, 0.25) is 0 Å². The minimum absolute atomic E-state index is 0.0626. The summed E-state index contributed by atoms with van der Waals surface area (Å²) < 4.78 is 34.9. The number of hydroxylamine groups is 1. The highest BCUT2D eigenvalue weighted by Crippen LogP contribution is 2.14. The summed E-state index contributed by atoms with van der Waals surface area (Å²) in [4.78, 5) is 4.31. The fourth-order valence-electron chi connectivity index (χ4n) is 0.725. The largest absolute Gasteiger partial charge is 0.413 e. The summed E-state index contributed by atoms with van der Waals surface area (Å²) in [5, 5.41) is 0. The monoisotopic (exact) mass is 199 g/mol. The first-order chi connectivity index (χ1) is 5.87. The Hall–Kier alpha value is -0.290. The van der Waals surface area contributed by atoms with Crippen LogP contribution in [-0.2, 0) is 4.84 Å². The second-order valence-electron chi connectivity index (χ2n) is 3.20. The lowest BCUT2D eigenvalue weighted by atomic mass is 10.0. The molecule has 80 valence electrons. The first kappa shape index (κ1) is 12.7. The molecule has 0 spiro atoms. The number of halogens is 3. The van der Waals surface area contributed by atoms with Crippen molar-refractivity contribution in [3.63, 3.8) is 0 Å². The van der Waals surface area contributed by atoms with Gasteiger partial charge >= 0.3 is 6.18 Å². The predicted octanol–water partition coefficient (Wildman–Crippen LogP) is 2.50. The minimum atomic E-state index is -4.26. The molecule has 0 fully saturated rings.